The Balaban J connectivity index is 1.60. The Bertz CT molecular complexity index is 898. The first-order valence-corrected chi connectivity index (χ1v) is 11.2. The molecule has 2 aromatic rings. The van der Waals surface area contributed by atoms with Gasteiger partial charge in [-0.2, -0.15) is 0 Å². The zero-order valence-corrected chi connectivity index (χ0v) is 18.8. The first-order valence-electron chi connectivity index (χ1n) is 10.3. The summed E-state index contributed by atoms with van der Waals surface area (Å²) in [6.07, 6.45) is 3.80. The highest BCUT2D eigenvalue weighted by Crippen LogP contribution is 2.40. The fraction of sp³-hybridized carbons (Fsp3) is 0.522. The molecule has 7 heteroatoms. The number of carbonyl (C=O) groups is 2. The minimum absolute atomic E-state index is 0.0531. The van der Waals surface area contributed by atoms with Crippen LogP contribution < -0.4 is 4.90 Å². The summed E-state index contributed by atoms with van der Waals surface area (Å²) in [5, 5.41) is 2.08. The Morgan fingerprint density at radius 2 is 1.87 bits per heavy atom. The van der Waals surface area contributed by atoms with Crippen molar-refractivity contribution in [3.05, 3.63) is 41.2 Å². The third kappa shape index (κ3) is 5.25. The zero-order chi connectivity index (χ0) is 21.9. The van der Waals surface area contributed by atoms with E-state index in [9.17, 15) is 14.0 Å². The molecule has 0 radical (unpaired) electrons. The van der Waals surface area contributed by atoms with Gasteiger partial charge in [0, 0.05) is 12.3 Å². The summed E-state index contributed by atoms with van der Waals surface area (Å²) >= 11 is 1.22. The van der Waals surface area contributed by atoms with Gasteiger partial charge in [0.1, 0.15) is 12.4 Å². The van der Waals surface area contributed by atoms with E-state index in [1.807, 2.05) is 0 Å². The molecule has 1 aromatic carbocycles. The molecule has 0 bridgehead atoms. The lowest BCUT2D eigenvalue weighted by Gasteiger charge is -2.36. The highest BCUT2D eigenvalue weighted by atomic mass is 32.1. The van der Waals surface area contributed by atoms with E-state index in [0.717, 1.165) is 25.7 Å². The average molecular weight is 433 g/mol. The lowest BCUT2D eigenvalue weighted by Crippen LogP contribution is -2.29. The summed E-state index contributed by atoms with van der Waals surface area (Å²) in [5.41, 5.74) is 0.972. The number of ether oxygens (including phenoxy) is 1. The summed E-state index contributed by atoms with van der Waals surface area (Å²) in [7, 11) is 0. The van der Waals surface area contributed by atoms with Crippen LogP contribution in [0.2, 0.25) is 0 Å². The van der Waals surface area contributed by atoms with Gasteiger partial charge in [-0.05, 0) is 49.1 Å². The third-order valence-corrected chi connectivity index (χ3v) is 6.66. The predicted molar refractivity (Wildman–Crippen MR) is 116 cm³/mol. The summed E-state index contributed by atoms with van der Waals surface area (Å²) in [6, 6.07) is 6.07. The fourth-order valence-corrected chi connectivity index (χ4v) is 4.83. The van der Waals surface area contributed by atoms with E-state index in [2.05, 4.69) is 25.8 Å². The second-order valence-electron chi connectivity index (χ2n) is 8.95. The molecule has 1 aliphatic carbocycles. The topological polar surface area (TPSA) is 59.5 Å². The van der Waals surface area contributed by atoms with Crippen LogP contribution in [0.5, 0.6) is 0 Å². The van der Waals surface area contributed by atoms with Gasteiger partial charge in [-0.15, -0.1) is 11.3 Å². The normalized spacial score (nSPS) is 19.4. The van der Waals surface area contributed by atoms with Crippen molar-refractivity contribution in [3.8, 4) is 0 Å². The molecule has 30 heavy (non-hydrogen) atoms. The van der Waals surface area contributed by atoms with Crippen LogP contribution in [0, 0.1) is 23.1 Å². The number of nitrogens with zero attached hydrogens (tertiary/aromatic N) is 2. The molecule has 1 saturated carbocycles. The van der Waals surface area contributed by atoms with Crippen molar-refractivity contribution in [3.63, 3.8) is 0 Å². The van der Waals surface area contributed by atoms with Crippen LogP contribution in [0.15, 0.2) is 29.6 Å². The number of anilines is 2. The van der Waals surface area contributed by atoms with Gasteiger partial charge in [0.25, 0.3) is 0 Å². The Labute approximate surface area is 181 Å². The number of esters is 1. The average Bonchev–Trinajstić information content (AvgIpc) is 3.15. The first-order chi connectivity index (χ1) is 14.2. The van der Waals surface area contributed by atoms with Gasteiger partial charge in [-0.25, -0.2) is 9.37 Å². The summed E-state index contributed by atoms with van der Waals surface area (Å²) in [4.78, 5) is 30.2. The number of carbonyl (C=O) groups excluding carboxylic acids is 2. The number of halogens is 1. The van der Waals surface area contributed by atoms with Crippen molar-refractivity contribution < 1.29 is 18.7 Å². The van der Waals surface area contributed by atoms with Gasteiger partial charge >= 0.3 is 5.97 Å². The van der Waals surface area contributed by atoms with Gasteiger partial charge in [0.05, 0.1) is 17.3 Å². The second kappa shape index (κ2) is 9.25. The lowest BCUT2D eigenvalue weighted by atomic mass is 9.70. The standard InChI is InChI=1S/C23H29FN2O3S/c1-15(27)26(20-8-6-5-7-19(20)24)22-25-18(14-30-22)13-29-21(28)16-9-11-17(12-10-16)23(2,3)4/h5-8,14,16-17H,9-13H2,1-4H3. The maximum Gasteiger partial charge on any atom is 0.309 e. The minimum Gasteiger partial charge on any atom is -0.459 e. The van der Waals surface area contributed by atoms with Crippen LogP contribution >= 0.6 is 11.3 Å². The molecule has 0 spiro atoms. The second-order valence-corrected chi connectivity index (χ2v) is 9.79. The Hall–Kier alpha value is -2.28. The van der Waals surface area contributed by atoms with Gasteiger partial charge in [-0.1, -0.05) is 32.9 Å². The molecular weight excluding hydrogens is 403 g/mol. The van der Waals surface area contributed by atoms with Crippen LogP contribution in [0.1, 0.15) is 59.1 Å². The maximum atomic E-state index is 14.2. The monoisotopic (exact) mass is 432 g/mol. The predicted octanol–water partition coefficient (Wildman–Crippen LogP) is 5.86. The molecule has 3 rings (SSSR count). The maximum absolute atomic E-state index is 14.2. The van der Waals surface area contributed by atoms with Gasteiger partial charge < -0.3 is 4.74 Å². The van der Waals surface area contributed by atoms with Crippen molar-refractivity contribution in [2.75, 3.05) is 4.90 Å². The van der Waals surface area contributed by atoms with Crippen molar-refractivity contribution in [1.82, 2.24) is 4.98 Å². The SMILES string of the molecule is CC(=O)N(c1nc(COC(=O)C2CCC(C(C)(C)C)CC2)cs1)c1ccccc1F. The molecule has 0 aliphatic heterocycles. The largest absolute Gasteiger partial charge is 0.459 e. The van der Waals surface area contributed by atoms with E-state index < -0.39 is 5.82 Å². The smallest absolute Gasteiger partial charge is 0.309 e. The summed E-state index contributed by atoms with van der Waals surface area (Å²) in [6.45, 7) is 8.17. The van der Waals surface area contributed by atoms with Crippen molar-refractivity contribution in [1.29, 1.82) is 0 Å². The molecule has 0 unspecified atom stereocenters. The van der Waals surface area contributed by atoms with E-state index in [0.29, 0.717) is 16.7 Å². The van der Waals surface area contributed by atoms with E-state index >= 15 is 0 Å². The molecule has 1 amide bonds. The van der Waals surface area contributed by atoms with Crippen LogP contribution in [0.3, 0.4) is 0 Å². The van der Waals surface area contributed by atoms with Gasteiger partial charge in [0.2, 0.25) is 5.91 Å². The molecule has 5 nitrogen and oxygen atoms in total. The third-order valence-electron chi connectivity index (χ3n) is 5.79. The lowest BCUT2D eigenvalue weighted by molar-refractivity contribution is -0.151. The number of rotatable bonds is 5. The highest BCUT2D eigenvalue weighted by molar-refractivity contribution is 7.14. The Morgan fingerprint density at radius 1 is 1.20 bits per heavy atom. The number of para-hydroxylation sites is 1. The van der Waals surface area contributed by atoms with Crippen molar-refractivity contribution in [2.45, 2.75) is 60.0 Å². The van der Waals surface area contributed by atoms with Crippen molar-refractivity contribution in [2.24, 2.45) is 17.3 Å². The zero-order valence-electron chi connectivity index (χ0n) is 18.0. The molecule has 0 N–H and O–H groups in total. The molecule has 162 valence electrons. The van der Waals surface area contributed by atoms with E-state index in [1.165, 1.54) is 35.3 Å². The molecular formula is C23H29FN2O3S. The fourth-order valence-electron chi connectivity index (χ4n) is 3.96. The number of hydrogen-bond donors (Lipinski definition) is 0. The van der Waals surface area contributed by atoms with Crippen LogP contribution in [0.25, 0.3) is 0 Å². The number of amides is 1. The molecule has 0 atom stereocenters. The summed E-state index contributed by atoms with van der Waals surface area (Å²) < 4.78 is 19.7. The number of hydrogen-bond acceptors (Lipinski definition) is 5. The minimum atomic E-state index is -0.498. The van der Waals surface area contributed by atoms with E-state index in [-0.39, 0.29) is 35.5 Å². The number of benzene rings is 1. The Morgan fingerprint density at radius 3 is 2.47 bits per heavy atom. The van der Waals surface area contributed by atoms with Crippen molar-refractivity contribution >= 4 is 34.0 Å². The molecule has 1 heterocycles. The number of aromatic nitrogens is 1. The van der Waals surface area contributed by atoms with Gasteiger partial charge in [0.15, 0.2) is 5.13 Å². The van der Waals surface area contributed by atoms with Crippen LogP contribution in [0.4, 0.5) is 15.2 Å². The van der Waals surface area contributed by atoms with Crippen LogP contribution in [-0.2, 0) is 20.9 Å². The van der Waals surface area contributed by atoms with E-state index in [1.54, 1.807) is 17.5 Å². The number of thiazole rings is 1. The molecule has 0 saturated heterocycles. The quantitative estimate of drug-likeness (QED) is 0.555. The van der Waals surface area contributed by atoms with Gasteiger partial charge in [-0.3, -0.25) is 14.5 Å². The van der Waals surface area contributed by atoms with E-state index in [4.69, 9.17) is 4.74 Å². The molecule has 1 aliphatic rings. The molecule has 1 fully saturated rings. The highest BCUT2D eigenvalue weighted by Gasteiger charge is 2.33. The Kier molecular flexibility index (Phi) is 6.91. The van der Waals surface area contributed by atoms with Crippen LogP contribution in [-0.4, -0.2) is 16.9 Å². The molecule has 1 aromatic heterocycles. The summed E-state index contributed by atoms with van der Waals surface area (Å²) in [5.74, 6) is -0.447. The first kappa shape index (κ1) is 22.4.